The first kappa shape index (κ1) is 22.3. The van der Waals surface area contributed by atoms with Gasteiger partial charge in [0, 0.05) is 37.3 Å². The van der Waals surface area contributed by atoms with Crippen LogP contribution in [0, 0.1) is 0 Å². The van der Waals surface area contributed by atoms with E-state index in [1.807, 2.05) is 0 Å². The highest BCUT2D eigenvalue weighted by molar-refractivity contribution is 7.18. The van der Waals surface area contributed by atoms with E-state index in [4.69, 9.17) is 11.6 Å². The number of anilines is 1. The van der Waals surface area contributed by atoms with Crippen molar-refractivity contribution in [3.8, 4) is 0 Å². The second-order valence-corrected chi connectivity index (χ2v) is 8.81. The van der Waals surface area contributed by atoms with Gasteiger partial charge in [0.05, 0.1) is 15.3 Å². The molecule has 1 aliphatic heterocycles. The molecule has 7 nitrogen and oxygen atoms in total. The Balaban J connectivity index is 1.55. The minimum absolute atomic E-state index is 0.121. The van der Waals surface area contributed by atoms with Crippen molar-refractivity contribution in [2.24, 2.45) is 0 Å². The van der Waals surface area contributed by atoms with Gasteiger partial charge < -0.3 is 20.9 Å². The van der Waals surface area contributed by atoms with E-state index < -0.39 is 0 Å². The molecule has 0 bridgehead atoms. The fraction of sp³-hybridized carbons (Fsp3) is 0.381. The van der Waals surface area contributed by atoms with Gasteiger partial charge in [-0.05, 0) is 56.3 Å². The van der Waals surface area contributed by atoms with Crippen LogP contribution in [-0.4, -0.2) is 50.4 Å². The average Bonchev–Trinajstić information content (AvgIpc) is 3.19. The van der Waals surface area contributed by atoms with Crippen molar-refractivity contribution < 1.29 is 14.4 Å². The Bertz CT molecular complexity index is 900. The number of likely N-dealkylation sites (N-methyl/N-ethyl adjacent to an activating group) is 1. The summed E-state index contributed by atoms with van der Waals surface area (Å²) in [5.41, 5.74) is 1.31. The van der Waals surface area contributed by atoms with E-state index in [2.05, 4.69) is 16.0 Å². The molecule has 1 aromatic carbocycles. The summed E-state index contributed by atoms with van der Waals surface area (Å²) in [6, 6.07) is 10.1. The molecule has 0 aliphatic carbocycles. The Kier molecular flexibility index (Phi) is 7.84. The summed E-state index contributed by atoms with van der Waals surface area (Å²) in [5.74, 6) is -0.339. The molecule has 1 fully saturated rings. The first-order chi connectivity index (χ1) is 14.5. The number of rotatable bonds is 8. The van der Waals surface area contributed by atoms with Crippen molar-refractivity contribution in [3.63, 3.8) is 0 Å². The fourth-order valence-corrected chi connectivity index (χ4v) is 4.25. The van der Waals surface area contributed by atoms with Gasteiger partial charge in [-0.2, -0.15) is 0 Å². The molecule has 2 aromatic rings. The average molecular weight is 449 g/mol. The highest BCUT2D eigenvalue weighted by Gasteiger charge is 2.20. The fourth-order valence-electron chi connectivity index (χ4n) is 3.30. The van der Waals surface area contributed by atoms with Crippen molar-refractivity contribution >= 4 is 46.3 Å². The topological polar surface area (TPSA) is 90.5 Å². The molecule has 3 N–H and O–H groups in total. The number of halogens is 1. The van der Waals surface area contributed by atoms with Gasteiger partial charge in [-0.15, -0.1) is 11.3 Å². The van der Waals surface area contributed by atoms with Crippen molar-refractivity contribution in [1.82, 2.24) is 16.0 Å². The van der Waals surface area contributed by atoms with Crippen LogP contribution in [0.4, 0.5) is 5.69 Å². The summed E-state index contributed by atoms with van der Waals surface area (Å²) in [7, 11) is 1.78. The summed E-state index contributed by atoms with van der Waals surface area (Å²) in [5, 5.41) is 8.77. The summed E-state index contributed by atoms with van der Waals surface area (Å²) in [6.07, 6.45) is 2.49. The van der Waals surface area contributed by atoms with E-state index in [0.29, 0.717) is 34.3 Å². The molecule has 0 radical (unpaired) electrons. The van der Waals surface area contributed by atoms with Gasteiger partial charge in [-0.3, -0.25) is 14.4 Å². The zero-order chi connectivity index (χ0) is 21.5. The maximum absolute atomic E-state index is 12.5. The van der Waals surface area contributed by atoms with Crippen LogP contribution >= 0.6 is 22.9 Å². The van der Waals surface area contributed by atoms with E-state index in [1.165, 1.54) is 11.3 Å². The molecule has 2 heterocycles. The Morgan fingerprint density at radius 1 is 1.10 bits per heavy atom. The third-order valence-corrected chi connectivity index (χ3v) is 6.09. The van der Waals surface area contributed by atoms with Crippen molar-refractivity contribution in [1.29, 1.82) is 0 Å². The lowest BCUT2D eigenvalue weighted by atomic mass is 10.1. The molecule has 3 amide bonds. The second kappa shape index (κ2) is 10.6. The highest BCUT2D eigenvalue weighted by Crippen LogP contribution is 2.22. The van der Waals surface area contributed by atoms with Crippen LogP contribution < -0.4 is 20.9 Å². The standard InChI is InChI=1S/C21H25ClN4O3S/c1-23-12-15(25-21(29)17-9-10-18(22)30-17)13-24-20(28)14-5-7-16(8-6-14)26-11-3-2-4-19(26)27/h5-10,15,23H,2-4,11-13H2,1H3,(H,24,28)(H,25,29). The number of carbonyl (C=O) groups is 3. The van der Waals surface area contributed by atoms with Crippen LogP contribution in [0.25, 0.3) is 0 Å². The zero-order valence-corrected chi connectivity index (χ0v) is 18.3. The number of nitrogens with zero attached hydrogens (tertiary/aromatic N) is 1. The number of benzene rings is 1. The van der Waals surface area contributed by atoms with Gasteiger partial charge in [0.25, 0.3) is 11.8 Å². The number of hydrogen-bond donors (Lipinski definition) is 3. The first-order valence-electron chi connectivity index (χ1n) is 9.87. The monoisotopic (exact) mass is 448 g/mol. The van der Waals surface area contributed by atoms with E-state index in [1.54, 1.807) is 48.3 Å². The zero-order valence-electron chi connectivity index (χ0n) is 16.7. The molecule has 3 rings (SSSR count). The van der Waals surface area contributed by atoms with Crippen molar-refractivity contribution in [2.75, 3.05) is 31.6 Å². The van der Waals surface area contributed by atoms with E-state index in [9.17, 15) is 14.4 Å². The largest absolute Gasteiger partial charge is 0.350 e. The molecule has 0 spiro atoms. The molecule has 30 heavy (non-hydrogen) atoms. The smallest absolute Gasteiger partial charge is 0.261 e. The molecule has 0 saturated carbocycles. The van der Waals surface area contributed by atoms with Gasteiger partial charge in [0.1, 0.15) is 0 Å². The molecule has 1 aliphatic rings. The van der Waals surface area contributed by atoms with Crippen molar-refractivity contribution in [2.45, 2.75) is 25.3 Å². The summed E-state index contributed by atoms with van der Waals surface area (Å²) >= 11 is 7.10. The maximum atomic E-state index is 12.5. The number of thiophene rings is 1. The maximum Gasteiger partial charge on any atom is 0.261 e. The molecular formula is C21H25ClN4O3S. The number of piperidine rings is 1. The summed E-state index contributed by atoms with van der Waals surface area (Å²) in [4.78, 5) is 39.2. The number of hydrogen-bond acceptors (Lipinski definition) is 5. The van der Waals surface area contributed by atoms with Crippen LogP contribution in [-0.2, 0) is 4.79 Å². The summed E-state index contributed by atoms with van der Waals surface area (Å²) < 4.78 is 0.549. The van der Waals surface area contributed by atoms with Gasteiger partial charge >= 0.3 is 0 Å². The lowest BCUT2D eigenvalue weighted by Gasteiger charge is -2.26. The number of carbonyl (C=O) groups excluding carboxylic acids is 3. The van der Waals surface area contributed by atoms with E-state index in [-0.39, 0.29) is 30.3 Å². The normalized spacial score (nSPS) is 15.0. The molecule has 160 valence electrons. The van der Waals surface area contributed by atoms with Crippen LogP contribution in [0.1, 0.15) is 39.3 Å². The van der Waals surface area contributed by atoms with Gasteiger partial charge in [-0.1, -0.05) is 11.6 Å². The minimum Gasteiger partial charge on any atom is -0.350 e. The van der Waals surface area contributed by atoms with Crippen molar-refractivity contribution in [3.05, 3.63) is 51.2 Å². The molecule has 1 saturated heterocycles. The van der Waals surface area contributed by atoms with Gasteiger partial charge in [-0.25, -0.2) is 0 Å². The van der Waals surface area contributed by atoms with Crippen LogP contribution in [0.5, 0.6) is 0 Å². The predicted molar refractivity (Wildman–Crippen MR) is 119 cm³/mol. The molecule has 1 unspecified atom stereocenters. The van der Waals surface area contributed by atoms with Crippen LogP contribution in [0.3, 0.4) is 0 Å². The van der Waals surface area contributed by atoms with Crippen LogP contribution in [0.2, 0.25) is 4.34 Å². The quantitative estimate of drug-likeness (QED) is 0.579. The minimum atomic E-state index is -0.280. The molecule has 9 heteroatoms. The summed E-state index contributed by atoms with van der Waals surface area (Å²) in [6.45, 7) is 1.49. The molecule has 1 aromatic heterocycles. The molecular weight excluding hydrogens is 424 g/mol. The highest BCUT2D eigenvalue weighted by atomic mass is 35.5. The second-order valence-electron chi connectivity index (χ2n) is 7.09. The first-order valence-corrected chi connectivity index (χ1v) is 11.1. The number of amides is 3. The predicted octanol–water partition coefficient (Wildman–Crippen LogP) is 2.67. The third kappa shape index (κ3) is 5.81. The molecule has 1 atom stereocenters. The van der Waals surface area contributed by atoms with Crippen LogP contribution in [0.15, 0.2) is 36.4 Å². The Morgan fingerprint density at radius 3 is 2.50 bits per heavy atom. The lowest BCUT2D eigenvalue weighted by molar-refractivity contribution is -0.119. The Hall–Kier alpha value is -2.42. The van der Waals surface area contributed by atoms with E-state index >= 15 is 0 Å². The lowest BCUT2D eigenvalue weighted by Crippen LogP contribution is -2.48. The Labute approximate surface area is 184 Å². The third-order valence-electron chi connectivity index (χ3n) is 4.86. The Morgan fingerprint density at radius 2 is 1.87 bits per heavy atom. The number of nitrogens with one attached hydrogen (secondary N) is 3. The van der Waals surface area contributed by atoms with Gasteiger partial charge in [0.15, 0.2) is 0 Å². The van der Waals surface area contributed by atoms with Gasteiger partial charge in [0.2, 0.25) is 5.91 Å². The van der Waals surface area contributed by atoms with E-state index in [0.717, 1.165) is 18.5 Å². The SMILES string of the molecule is CNCC(CNC(=O)c1ccc(N2CCCCC2=O)cc1)NC(=O)c1ccc(Cl)s1.